The molecule has 0 aromatic carbocycles. The second kappa shape index (κ2) is 4.86. The van der Waals surface area contributed by atoms with Crippen LogP contribution < -0.4 is 5.73 Å². The molecular weight excluding hydrogens is 117 g/mol. The zero-order chi connectivity index (χ0) is 6.41. The first-order valence-corrected chi connectivity index (χ1v) is 3.17. The van der Waals surface area contributed by atoms with E-state index >= 15 is 0 Å². The largest absolute Gasteiger partial charge is 0.399 e. The van der Waals surface area contributed by atoms with Gasteiger partial charge in [0, 0.05) is 5.44 Å². The SMILES string of the molecule is C=CCC/C=C(\N)P. The molecule has 0 radical (unpaired) electrons. The van der Waals surface area contributed by atoms with E-state index in [2.05, 4.69) is 15.8 Å². The third-order valence-electron chi connectivity index (χ3n) is 0.751. The Balaban J connectivity index is 3.15. The highest BCUT2D eigenvalue weighted by Gasteiger charge is 1.75. The van der Waals surface area contributed by atoms with E-state index in [1.54, 1.807) is 0 Å². The summed E-state index contributed by atoms with van der Waals surface area (Å²) in [6.45, 7) is 3.58. The fraction of sp³-hybridized carbons (Fsp3) is 0.333. The van der Waals surface area contributed by atoms with E-state index in [9.17, 15) is 0 Å². The van der Waals surface area contributed by atoms with E-state index in [0.717, 1.165) is 18.3 Å². The summed E-state index contributed by atoms with van der Waals surface area (Å²) in [6.07, 6.45) is 5.85. The van der Waals surface area contributed by atoms with Gasteiger partial charge < -0.3 is 5.73 Å². The van der Waals surface area contributed by atoms with E-state index < -0.39 is 0 Å². The molecule has 0 aromatic heterocycles. The maximum absolute atomic E-state index is 5.32. The van der Waals surface area contributed by atoms with Crippen LogP contribution in [0.3, 0.4) is 0 Å². The second-order valence-electron chi connectivity index (χ2n) is 1.57. The lowest BCUT2D eigenvalue weighted by Gasteiger charge is -1.86. The van der Waals surface area contributed by atoms with Gasteiger partial charge in [0.25, 0.3) is 0 Å². The molecule has 0 rings (SSSR count). The molecular formula is C6H12NP. The summed E-state index contributed by atoms with van der Waals surface area (Å²) in [6, 6.07) is 0. The van der Waals surface area contributed by atoms with Crippen LogP contribution in [0.5, 0.6) is 0 Å². The molecule has 0 aromatic rings. The Labute approximate surface area is 52.9 Å². The van der Waals surface area contributed by atoms with Gasteiger partial charge in [-0.3, -0.25) is 0 Å². The van der Waals surface area contributed by atoms with Crippen molar-refractivity contribution in [3.63, 3.8) is 0 Å². The molecule has 0 aliphatic heterocycles. The summed E-state index contributed by atoms with van der Waals surface area (Å²) in [4.78, 5) is 0. The summed E-state index contributed by atoms with van der Waals surface area (Å²) in [5, 5.41) is 0. The molecule has 1 unspecified atom stereocenters. The van der Waals surface area contributed by atoms with E-state index in [0.29, 0.717) is 0 Å². The third kappa shape index (κ3) is 5.71. The van der Waals surface area contributed by atoms with Gasteiger partial charge in [-0.1, -0.05) is 21.4 Å². The van der Waals surface area contributed by atoms with Gasteiger partial charge in [-0.15, -0.1) is 6.58 Å². The molecule has 0 saturated carbocycles. The minimum absolute atomic E-state index is 0.812. The molecule has 0 bridgehead atoms. The van der Waals surface area contributed by atoms with E-state index in [-0.39, 0.29) is 0 Å². The Kier molecular flexibility index (Phi) is 4.68. The number of hydrogen-bond acceptors (Lipinski definition) is 1. The number of unbranched alkanes of at least 4 members (excludes halogenated alkanes) is 1. The molecule has 1 atom stereocenters. The molecule has 0 spiro atoms. The fourth-order valence-electron chi connectivity index (χ4n) is 0.368. The lowest BCUT2D eigenvalue weighted by Crippen LogP contribution is -1.84. The molecule has 0 aliphatic rings. The van der Waals surface area contributed by atoms with Gasteiger partial charge in [-0.25, -0.2) is 0 Å². The van der Waals surface area contributed by atoms with Crippen LogP contribution >= 0.6 is 9.24 Å². The van der Waals surface area contributed by atoms with Gasteiger partial charge in [0.2, 0.25) is 0 Å². The van der Waals surface area contributed by atoms with Gasteiger partial charge >= 0.3 is 0 Å². The predicted octanol–water partition coefficient (Wildman–Crippen LogP) is 1.63. The topological polar surface area (TPSA) is 26.0 Å². The van der Waals surface area contributed by atoms with Gasteiger partial charge in [0.1, 0.15) is 0 Å². The van der Waals surface area contributed by atoms with Crippen LogP contribution in [0.15, 0.2) is 24.2 Å². The minimum Gasteiger partial charge on any atom is -0.399 e. The maximum atomic E-state index is 5.32. The molecule has 2 N–H and O–H groups in total. The highest BCUT2D eigenvalue weighted by Crippen LogP contribution is 1.99. The Bertz CT molecular complexity index is 92.7. The lowest BCUT2D eigenvalue weighted by atomic mass is 10.3. The van der Waals surface area contributed by atoms with Crippen LogP contribution in [0.1, 0.15) is 12.8 Å². The highest BCUT2D eigenvalue weighted by molar-refractivity contribution is 7.22. The van der Waals surface area contributed by atoms with Gasteiger partial charge in [0.15, 0.2) is 0 Å². The van der Waals surface area contributed by atoms with Crippen molar-refractivity contribution < 1.29 is 0 Å². The third-order valence-corrected chi connectivity index (χ3v) is 0.987. The van der Waals surface area contributed by atoms with Crippen molar-refractivity contribution in [3.8, 4) is 0 Å². The van der Waals surface area contributed by atoms with E-state index in [4.69, 9.17) is 5.73 Å². The quantitative estimate of drug-likeness (QED) is 0.350. The van der Waals surface area contributed by atoms with Crippen LogP contribution in [-0.4, -0.2) is 0 Å². The maximum Gasteiger partial charge on any atom is 0.0214 e. The minimum atomic E-state index is 0.812. The van der Waals surface area contributed by atoms with Crippen molar-refractivity contribution in [2.75, 3.05) is 0 Å². The van der Waals surface area contributed by atoms with Crippen molar-refractivity contribution in [3.05, 3.63) is 24.2 Å². The number of rotatable bonds is 3. The molecule has 2 heteroatoms. The average Bonchev–Trinajstić information content (AvgIpc) is 1.66. The van der Waals surface area contributed by atoms with Crippen molar-refractivity contribution >= 4 is 9.24 Å². The normalized spacial score (nSPS) is 11.4. The standard InChI is InChI=1S/C6H12NP/c1-2-3-4-5-6(7)8/h2,5H,1,3-4,7-8H2/b6-5+. The molecule has 1 nitrogen and oxygen atoms in total. The Morgan fingerprint density at radius 2 is 2.25 bits per heavy atom. The summed E-state index contributed by atoms with van der Waals surface area (Å²) >= 11 is 0. The van der Waals surface area contributed by atoms with Crippen molar-refractivity contribution in [2.45, 2.75) is 12.8 Å². The second-order valence-corrected chi connectivity index (χ2v) is 2.24. The molecule has 0 heterocycles. The Morgan fingerprint density at radius 3 is 2.62 bits per heavy atom. The lowest BCUT2D eigenvalue weighted by molar-refractivity contribution is 1.05. The van der Waals surface area contributed by atoms with Crippen LogP contribution in [-0.2, 0) is 0 Å². The average molecular weight is 129 g/mol. The van der Waals surface area contributed by atoms with Crippen molar-refractivity contribution in [1.29, 1.82) is 0 Å². The Morgan fingerprint density at radius 1 is 1.62 bits per heavy atom. The molecule has 46 valence electrons. The number of nitrogens with two attached hydrogens (primary N) is 1. The molecule has 0 saturated heterocycles. The monoisotopic (exact) mass is 129 g/mol. The first kappa shape index (κ1) is 7.71. The van der Waals surface area contributed by atoms with E-state index in [1.807, 2.05) is 12.2 Å². The first-order chi connectivity index (χ1) is 3.77. The van der Waals surface area contributed by atoms with Gasteiger partial charge in [0.05, 0.1) is 0 Å². The van der Waals surface area contributed by atoms with Crippen LogP contribution in [0.4, 0.5) is 0 Å². The zero-order valence-electron chi connectivity index (χ0n) is 4.93. The highest BCUT2D eigenvalue weighted by atomic mass is 31.0. The van der Waals surface area contributed by atoms with Crippen molar-refractivity contribution in [1.82, 2.24) is 0 Å². The van der Waals surface area contributed by atoms with Crippen molar-refractivity contribution in [2.24, 2.45) is 5.73 Å². The molecule has 0 aliphatic carbocycles. The summed E-state index contributed by atoms with van der Waals surface area (Å²) < 4.78 is 0. The van der Waals surface area contributed by atoms with Gasteiger partial charge in [-0.05, 0) is 12.8 Å². The predicted molar refractivity (Wildman–Crippen MR) is 41.4 cm³/mol. The number of allylic oxidation sites excluding steroid dienone is 2. The molecule has 8 heavy (non-hydrogen) atoms. The summed E-state index contributed by atoms with van der Waals surface area (Å²) in [5.74, 6) is 0. The Hall–Kier alpha value is -0.290. The van der Waals surface area contributed by atoms with E-state index in [1.165, 1.54) is 0 Å². The summed E-state index contributed by atoms with van der Waals surface area (Å²) in [7, 11) is 2.43. The smallest absolute Gasteiger partial charge is 0.0214 e. The molecule has 0 amide bonds. The van der Waals surface area contributed by atoms with Gasteiger partial charge in [-0.2, -0.15) is 0 Å². The zero-order valence-corrected chi connectivity index (χ0v) is 6.09. The summed E-state index contributed by atoms with van der Waals surface area (Å²) in [5.41, 5.74) is 6.13. The number of hydrogen-bond donors (Lipinski definition) is 1. The van der Waals surface area contributed by atoms with Crippen LogP contribution in [0.2, 0.25) is 0 Å². The fourth-order valence-corrected chi connectivity index (χ4v) is 0.535. The molecule has 0 fully saturated rings. The van der Waals surface area contributed by atoms with Crippen LogP contribution in [0.25, 0.3) is 0 Å². The van der Waals surface area contributed by atoms with Crippen LogP contribution in [0, 0.1) is 0 Å². The first-order valence-electron chi connectivity index (χ1n) is 2.59.